The number of benzene rings is 1. The maximum absolute atomic E-state index is 12.0. The van der Waals surface area contributed by atoms with Gasteiger partial charge in [0.15, 0.2) is 6.29 Å². The molecule has 6 heteroatoms. The fourth-order valence-electron chi connectivity index (χ4n) is 8.29. The van der Waals surface area contributed by atoms with Gasteiger partial charge in [0.1, 0.15) is 0 Å². The van der Waals surface area contributed by atoms with E-state index >= 15 is 0 Å². The normalized spacial score (nSPS) is 41.9. The molecule has 0 amide bonds. The van der Waals surface area contributed by atoms with Gasteiger partial charge >= 0.3 is 0 Å². The van der Waals surface area contributed by atoms with E-state index in [-0.39, 0.29) is 35.1 Å². The van der Waals surface area contributed by atoms with Crippen molar-refractivity contribution in [1.29, 1.82) is 0 Å². The van der Waals surface area contributed by atoms with Crippen LogP contribution in [-0.4, -0.2) is 59.6 Å². The van der Waals surface area contributed by atoms with Crippen molar-refractivity contribution >= 4 is 21.3 Å². The SMILES string of the molecule is C=C1C[C@@H]2OC[C@]3(C)[C@H]([Si](C)(C)c4ccccc4)C[C@H](O)[C@@]4(CO[C@H](OCC[Si](C)(C)C)[C@@H]14)[C@@H]23. The van der Waals surface area contributed by atoms with E-state index in [0.29, 0.717) is 12.1 Å². The maximum atomic E-state index is 12.0. The van der Waals surface area contributed by atoms with Crippen LogP contribution in [0.5, 0.6) is 0 Å². The number of aliphatic hydroxyl groups excluding tert-OH is 1. The average Bonchev–Trinajstić information content (AvgIpc) is 3.31. The summed E-state index contributed by atoms with van der Waals surface area (Å²) in [7, 11) is -3.07. The van der Waals surface area contributed by atoms with Gasteiger partial charge in [-0.2, -0.15) is 0 Å². The Balaban J connectivity index is 1.49. The Morgan fingerprint density at radius 3 is 2.47 bits per heavy atom. The van der Waals surface area contributed by atoms with Crippen LogP contribution in [0.25, 0.3) is 0 Å². The quantitative estimate of drug-likeness (QED) is 0.440. The van der Waals surface area contributed by atoms with E-state index in [0.717, 1.165) is 37.7 Å². The summed E-state index contributed by atoms with van der Waals surface area (Å²) in [6.45, 7) is 21.1. The van der Waals surface area contributed by atoms with E-state index in [2.05, 4.69) is 76.6 Å². The van der Waals surface area contributed by atoms with Crippen molar-refractivity contribution in [3.63, 3.8) is 0 Å². The lowest BCUT2D eigenvalue weighted by atomic mass is 9.46. The van der Waals surface area contributed by atoms with Crippen LogP contribution in [0.2, 0.25) is 44.3 Å². The van der Waals surface area contributed by atoms with Gasteiger partial charge < -0.3 is 19.3 Å². The third-order valence-corrected chi connectivity index (χ3v) is 16.1. The average molecular weight is 501 g/mol. The minimum absolute atomic E-state index is 0.0188. The van der Waals surface area contributed by atoms with Gasteiger partial charge in [0.05, 0.1) is 33.5 Å². The summed E-state index contributed by atoms with van der Waals surface area (Å²) in [5.74, 6) is 0.319. The second kappa shape index (κ2) is 8.39. The summed E-state index contributed by atoms with van der Waals surface area (Å²) < 4.78 is 19.4. The molecule has 2 aliphatic heterocycles. The molecule has 0 unspecified atom stereocenters. The van der Waals surface area contributed by atoms with E-state index in [9.17, 15) is 5.11 Å². The molecule has 0 radical (unpaired) electrons. The molecule has 188 valence electrons. The van der Waals surface area contributed by atoms with Crippen LogP contribution in [-0.2, 0) is 14.2 Å². The molecule has 0 bridgehead atoms. The van der Waals surface area contributed by atoms with Gasteiger partial charge in [0.2, 0.25) is 0 Å². The molecule has 2 saturated heterocycles. The molecule has 1 aromatic rings. The van der Waals surface area contributed by atoms with Crippen molar-refractivity contribution < 1.29 is 19.3 Å². The zero-order valence-corrected chi connectivity index (χ0v) is 24.0. The topological polar surface area (TPSA) is 47.9 Å². The summed E-state index contributed by atoms with van der Waals surface area (Å²) in [5.41, 5.74) is 1.26. The van der Waals surface area contributed by atoms with E-state index in [1.54, 1.807) is 0 Å². The van der Waals surface area contributed by atoms with Crippen LogP contribution < -0.4 is 5.19 Å². The first kappa shape index (κ1) is 24.9. The first-order valence-electron chi connectivity index (χ1n) is 13.2. The molecule has 4 nitrogen and oxygen atoms in total. The summed E-state index contributed by atoms with van der Waals surface area (Å²) in [6.07, 6.45) is 1.07. The maximum Gasteiger partial charge on any atom is 0.164 e. The summed E-state index contributed by atoms with van der Waals surface area (Å²) in [4.78, 5) is 0. The molecule has 34 heavy (non-hydrogen) atoms. The van der Waals surface area contributed by atoms with Crippen LogP contribution >= 0.6 is 0 Å². The highest BCUT2D eigenvalue weighted by Crippen LogP contribution is 2.71. The minimum Gasteiger partial charge on any atom is -0.392 e. The molecule has 2 saturated carbocycles. The predicted octanol–water partition coefficient (Wildman–Crippen LogP) is 5.03. The molecule has 4 fully saturated rings. The lowest BCUT2D eigenvalue weighted by Gasteiger charge is -2.62. The fraction of sp³-hybridized carbons (Fsp3) is 0.714. The van der Waals surface area contributed by atoms with Gasteiger partial charge in [0, 0.05) is 31.9 Å². The van der Waals surface area contributed by atoms with Crippen molar-refractivity contribution in [2.24, 2.45) is 22.7 Å². The van der Waals surface area contributed by atoms with Gasteiger partial charge in [0.25, 0.3) is 0 Å². The smallest absolute Gasteiger partial charge is 0.164 e. The Hall–Kier alpha value is -0.766. The molecular formula is C28H44O4Si2. The highest BCUT2D eigenvalue weighted by atomic mass is 28.3. The lowest BCUT2D eigenvalue weighted by molar-refractivity contribution is -0.145. The fourth-order valence-corrected chi connectivity index (χ4v) is 13.2. The highest BCUT2D eigenvalue weighted by molar-refractivity contribution is 6.91. The van der Waals surface area contributed by atoms with Gasteiger partial charge in [-0.15, -0.1) is 0 Å². The summed E-state index contributed by atoms with van der Waals surface area (Å²) in [5, 5.41) is 13.5. The Morgan fingerprint density at radius 2 is 1.79 bits per heavy atom. The zero-order chi connectivity index (χ0) is 24.5. The van der Waals surface area contributed by atoms with Crippen molar-refractivity contribution in [2.45, 2.75) is 82.6 Å². The standard InChI is InChI=1S/C28H44O4Si2/c1-19-15-21-25-27(2,17-31-21)23(34(6,7)20-11-9-8-10-12-20)16-22(29)28(25)18-32-26(24(19)28)30-13-14-33(3,4)5/h8-12,21-26,29H,1,13-18H2,2-7H3/t21-,22-,23+,24+,25-,26-,27+,28+/m0/s1. The summed E-state index contributed by atoms with van der Waals surface area (Å²) in [6, 6.07) is 12.1. The van der Waals surface area contributed by atoms with Crippen molar-refractivity contribution in [2.75, 3.05) is 19.8 Å². The van der Waals surface area contributed by atoms with Crippen molar-refractivity contribution in [3.8, 4) is 0 Å². The van der Waals surface area contributed by atoms with E-state index in [1.807, 2.05) is 0 Å². The number of aliphatic hydroxyl groups is 1. The molecule has 1 aromatic carbocycles. The monoisotopic (exact) mass is 500 g/mol. The Bertz CT molecular complexity index is 928. The third-order valence-electron chi connectivity index (χ3n) is 9.92. The molecule has 8 atom stereocenters. The van der Waals surface area contributed by atoms with Crippen LogP contribution in [0.4, 0.5) is 0 Å². The second-order valence-electron chi connectivity index (χ2n) is 13.5. The summed E-state index contributed by atoms with van der Waals surface area (Å²) >= 11 is 0. The molecule has 1 spiro atoms. The number of ether oxygens (including phenoxy) is 3. The lowest BCUT2D eigenvalue weighted by Crippen LogP contribution is -2.67. The zero-order valence-electron chi connectivity index (χ0n) is 22.0. The second-order valence-corrected chi connectivity index (χ2v) is 23.9. The van der Waals surface area contributed by atoms with Gasteiger partial charge in [-0.1, -0.05) is 87.3 Å². The number of rotatable bonds is 6. The highest BCUT2D eigenvalue weighted by Gasteiger charge is 2.74. The molecule has 5 rings (SSSR count). The van der Waals surface area contributed by atoms with Gasteiger partial charge in [-0.3, -0.25) is 0 Å². The van der Waals surface area contributed by atoms with Gasteiger partial charge in [-0.25, -0.2) is 0 Å². The van der Waals surface area contributed by atoms with Crippen LogP contribution in [0.15, 0.2) is 42.5 Å². The molecule has 0 aromatic heterocycles. The van der Waals surface area contributed by atoms with Crippen LogP contribution in [0.1, 0.15) is 19.8 Å². The van der Waals surface area contributed by atoms with Crippen LogP contribution in [0, 0.1) is 22.7 Å². The Kier molecular flexibility index (Phi) is 6.14. The van der Waals surface area contributed by atoms with Crippen LogP contribution in [0.3, 0.4) is 0 Å². The molecular weight excluding hydrogens is 456 g/mol. The number of hydrogen-bond acceptors (Lipinski definition) is 4. The van der Waals surface area contributed by atoms with E-state index in [4.69, 9.17) is 14.2 Å². The Morgan fingerprint density at radius 1 is 1.09 bits per heavy atom. The molecule has 2 aliphatic carbocycles. The van der Waals surface area contributed by atoms with E-state index < -0.39 is 22.3 Å². The largest absolute Gasteiger partial charge is 0.392 e. The van der Waals surface area contributed by atoms with Gasteiger partial charge in [-0.05, 0) is 29.8 Å². The molecule has 2 heterocycles. The first-order valence-corrected chi connectivity index (χ1v) is 20.0. The third kappa shape index (κ3) is 3.67. The minimum atomic E-state index is -1.88. The predicted molar refractivity (Wildman–Crippen MR) is 143 cm³/mol. The first-order chi connectivity index (χ1) is 15.9. The molecule has 1 N–H and O–H groups in total. The van der Waals surface area contributed by atoms with E-state index in [1.165, 1.54) is 5.19 Å². The van der Waals surface area contributed by atoms with Crippen molar-refractivity contribution in [3.05, 3.63) is 42.5 Å². The molecule has 4 aliphatic rings. The Labute approximate surface area is 208 Å². The number of hydrogen-bond donors (Lipinski definition) is 1. The van der Waals surface area contributed by atoms with Crippen molar-refractivity contribution in [1.82, 2.24) is 0 Å².